The van der Waals surface area contributed by atoms with Crippen molar-refractivity contribution in [2.24, 2.45) is 0 Å². The molecule has 120 valence electrons. The molecule has 0 amide bonds. The lowest BCUT2D eigenvalue weighted by molar-refractivity contribution is -0.138. The lowest BCUT2D eigenvalue weighted by Gasteiger charge is -1.97. The highest BCUT2D eigenvalue weighted by molar-refractivity contribution is 9.12. The monoisotopic (exact) mass is 432 g/mol. The maximum Gasteiger partial charge on any atom is 0.345 e. The zero-order valence-electron chi connectivity index (χ0n) is 12.4. The van der Waals surface area contributed by atoms with Crippen LogP contribution in [-0.4, -0.2) is 25.2 Å². The zero-order valence-corrected chi connectivity index (χ0v) is 15.6. The molecule has 0 aliphatic heterocycles. The van der Waals surface area contributed by atoms with Crippen molar-refractivity contribution >= 4 is 43.8 Å². The van der Waals surface area contributed by atoms with Crippen LogP contribution >= 0.6 is 31.9 Å². The molecule has 0 spiro atoms. The smallest absolute Gasteiger partial charge is 0.345 e. The minimum Gasteiger partial charge on any atom is -0.462 e. The molecule has 0 radical (unpaired) electrons. The average Bonchev–Trinajstić information content (AvgIpc) is 2.49. The average molecular weight is 434 g/mol. The predicted octanol–water partition coefficient (Wildman–Crippen LogP) is 4.34. The van der Waals surface area contributed by atoms with Gasteiger partial charge in [0.1, 0.15) is 8.96 Å². The fraction of sp³-hybridized carbons (Fsp3) is 0.250. The third kappa shape index (κ3) is 10.3. The highest BCUT2D eigenvalue weighted by Gasteiger charge is 2.04. The first-order valence-corrected chi connectivity index (χ1v) is 8.18. The van der Waals surface area contributed by atoms with E-state index in [0.29, 0.717) is 22.2 Å². The minimum atomic E-state index is -0.398. The zero-order chi connectivity index (χ0) is 16.8. The molecular weight excluding hydrogens is 416 g/mol. The number of hydrogen-bond acceptors (Lipinski definition) is 4. The summed E-state index contributed by atoms with van der Waals surface area (Å²) >= 11 is 6.24. The first-order chi connectivity index (χ1) is 10.5. The molecule has 0 fully saturated rings. The van der Waals surface area contributed by atoms with Gasteiger partial charge in [-0.2, -0.15) is 0 Å². The Kier molecular flexibility index (Phi) is 12.4. The Bertz CT molecular complexity index is 468. The Morgan fingerprint density at radius 3 is 1.36 bits per heavy atom. The summed E-state index contributed by atoms with van der Waals surface area (Å²) in [6.45, 7) is 4.17. The Morgan fingerprint density at radius 1 is 0.727 bits per heavy atom. The van der Waals surface area contributed by atoms with E-state index in [0.717, 1.165) is 0 Å². The number of esters is 2. The van der Waals surface area contributed by atoms with Crippen LogP contribution in [0.15, 0.2) is 57.6 Å². The van der Waals surface area contributed by atoms with Gasteiger partial charge in [-0.25, -0.2) is 9.59 Å². The molecule has 0 aromatic rings. The highest BCUT2D eigenvalue weighted by Crippen LogP contribution is 2.08. The Balaban J connectivity index is 4.29. The van der Waals surface area contributed by atoms with Crippen LogP contribution in [0.25, 0.3) is 0 Å². The minimum absolute atomic E-state index is 0.338. The Morgan fingerprint density at radius 2 is 1.05 bits per heavy atom. The second kappa shape index (κ2) is 13.3. The molecule has 0 unspecified atom stereocenters. The number of carbonyl (C=O) groups excluding carboxylic acids is 2. The molecule has 0 bridgehead atoms. The van der Waals surface area contributed by atoms with Crippen molar-refractivity contribution in [2.75, 3.05) is 13.2 Å². The number of ether oxygens (including phenoxy) is 2. The molecule has 4 nitrogen and oxygen atoms in total. The molecule has 0 saturated carbocycles. The van der Waals surface area contributed by atoms with E-state index in [-0.39, 0.29) is 0 Å². The summed E-state index contributed by atoms with van der Waals surface area (Å²) in [6, 6.07) is 0. The van der Waals surface area contributed by atoms with Gasteiger partial charge >= 0.3 is 11.9 Å². The van der Waals surface area contributed by atoms with Crippen molar-refractivity contribution in [1.29, 1.82) is 0 Å². The van der Waals surface area contributed by atoms with Gasteiger partial charge in [0, 0.05) is 0 Å². The Labute approximate surface area is 147 Å². The maximum absolute atomic E-state index is 11.3. The van der Waals surface area contributed by atoms with E-state index in [9.17, 15) is 9.59 Å². The van der Waals surface area contributed by atoms with Crippen molar-refractivity contribution in [3.63, 3.8) is 0 Å². The number of carbonyl (C=O) groups is 2. The van der Waals surface area contributed by atoms with E-state index in [2.05, 4.69) is 31.9 Å². The molecule has 0 atom stereocenters. The van der Waals surface area contributed by atoms with Crippen LogP contribution in [0.2, 0.25) is 0 Å². The number of rotatable bonds is 8. The topological polar surface area (TPSA) is 52.6 Å². The molecule has 0 aliphatic rings. The van der Waals surface area contributed by atoms with Gasteiger partial charge in [0.2, 0.25) is 0 Å². The largest absolute Gasteiger partial charge is 0.462 e. The van der Waals surface area contributed by atoms with Crippen molar-refractivity contribution in [3.05, 3.63) is 57.6 Å². The van der Waals surface area contributed by atoms with Crippen LogP contribution in [0.5, 0.6) is 0 Å². The van der Waals surface area contributed by atoms with Crippen LogP contribution in [0.1, 0.15) is 13.8 Å². The normalized spacial score (nSPS) is 13.3. The summed E-state index contributed by atoms with van der Waals surface area (Å²) in [5, 5.41) is 0. The first kappa shape index (κ1) is 20.6. The van der Waals surface area contributed by atoms with Gasteiger partial charge in [-0.15, -0.1) is 0 Å². The van der Waals surface area contributed by atoms with E-state index in [1.807, 2.05) is 0 Å². The third-order valence-electron chi connectivity index (χ3n) is 1.98. The van der Waals surface area contributed by atoms with Crippen LogP contribution in [0, 0.1) is 0 Å². The molecular formula is C16H18Br2O4. The van der Waals surface area contributed by atoms with Gasteiger partial charge in [0.15, 0.2) is 0 Å². The summed E-state index contributed by atoms with van der Waals surface area (Å²) in [7, 11) is 0. The molecule has 0 aliphatic carbocycles. The van der Waals surface area contributed by atoms with E-state index in [1.165, 1.54) is 0 Å². The summed E-state index contributed by atoms with van der Waals surface area (Å²) in [4.78, 5) is 22.5. The van der Waals surface area contributed by atoms with Crippen molar-refractivity contribution in [1.82, 2.24) is 0 Å². The van der Waals surface area contributed by atoms with Crippen molar-refractivity contribution in [2.45, 2.75) is 13.8 Å². The van der Waals surface area contributed by atoms with Gasteiger partial charge in [0.05, 0.1) is 13.2 Å². The number of allylic oxidation sites excluding steroid dienone is 8. The predicted molar refractivity (Wildman–Crippen MR) is 94.7 cm³/mol. The highest BCUT2D eigenvalue weighted by atomic mass is 79.9. The second-order valence-corrected chi connectivity index (χ2v) is 5.33. The van der Waals surface area contributed by atoms with Gasteiger partial charge in [-0.1, -0.05) is 36.5 Å². The molecule has 0 saturated heterocycles. The molecule has 0 aromatic heterocycles. The van der Waals surface area contributed by atoms with Gasteiger partial charge in [-0.3, -0.25) is 0 Å². The summed E-state index contributed by atoms with van der Waals surface area (Å²) in [5.41, 5.74) is 0. The third-order valence-corrected chi connectivity index (χ3v) is 3.16. The molecule has 0 N–H and O–H groups in total. The van der Waals surface area contributed by atoms with Gasteiger partial charge < -0.3 is 9.47 Å². The number of hydrogen-bond donors (Lipinski definition) is 0. The van der Waals surface area contributed by atoms with E-state index >= 15 is 0 Å². The van der Waals surface area contributed by atoms with Crippen molar-refractivity contribution in [3.8, 4) is 0 Å². The van der Waals surface area contributed by atoms with E-state index < -0.39 is 11.9 Å². The standard InChI is InChI=1S/C16H18Br2O4/c1-3-21-15(19)13(17)11-9-7-5-6-8-10-12-14(18)16(20)22-4-2/h5-12H,3-4H2,1-2H3. The number of halogens is 2. The Hall–Kier alpha value is -1.40. The van der Waals surface area contributed by atoms with Crippen LogP contribution < -0.4 is 0 Å². The summed E-state index contributed by atoms with van der Waals surface area (Å²) in [6.07, 6.45) is 13.7. The molecule has 22 heavy (non-hydrogen) atoms. The van der Waals surface area contributed by atoms with Crippen LogP contribution in [0.4, 0.5) is 0 Å². The fourth-order valence-electron chi connectivity index (χ4n) is 1.07. The molecule has 6 heteroatoms. The molecule has 0 heterocycles. The van der Waals surface area contributed by atoms with E-state index in [4.69, 9.17) is 9.47 Å². The molecule has 0 rings (SSSR count). The fourth-order valence-corrected chi connectivity index (χ4v) is 1.61. The van der Waals surface area contributed by atoms with Gasteiger partial charge in [-0.05, 0) is 57.9 Å². The maximum atomic E-state index is 11.3. The van der Waals surface area contributed by atoms with Gasteiger partial charge in [0.25, 0.3) is 0 Å². The van der Waals surface area contributed by atoms with E-state index in [1.54, 1.807) is 62.5 Å². The summed E-state index contributed by atoms with van der Waals surface area (Å²) in [5.74, 6) is -0.796. The first-order valence-electron chi connectivity index (χ1n) is 6.60. The second-order valence-electron chi connectivity index (χ2n) is 3.62. The quantitative estimate of drug-likeness (QED) is 0.324. The van der Waals surface area contributed by atoms with Crippen molar-refractivity contribution < 1.29 is 19.1 Å². The van der Waals surface area contributed by atoms with Crippen LogP contribution in [-0.2, 0) is 19.1 Å². The summed E-state index contributed by atoms with van der Waals surface area (Å²) < 4.78 is 10.3. The van der Waals surface area contributed by atoms with Crippen LogP contribution in [0.3, 0.4) is 0 Å². The SMILES string of the molecule is CCOC(=O)C(Br)=CC=CC=CC=CC=C(Br)C(=O)OCC. The molecule has 0 aromatic carbocycles. The lowest BCUT2D eigenvalue weighted by atomic mass is 10.3. The lowest BCUT2D eigenvalue weighted by Crippen LogP contribution is -2.02.